The van der Waals surface area contributed by atoms with Crippen molar-refractivity contribution in [3.05, 3.63) is 64.3 Å². The summed E-state index contributed by atoms with van der Waals surface area (Å²) in [5.74, 6) is 0.188. The topological polar surface area (TPSA) is 113 Å². The predicted octanol–water partition coefficient (Wildman–Crippen LogP) is 4.74. The SMILES string of the molecule is C=C(O/C(=N\C)Sc1nc(C(=O)Nc2ccccc2N2CCC(NS(C)(=O)=O)CC2)cs1)c1cccs1. The summed E-state index contributed by atoms with van der Waals surface area (Å²) in [7, 11) is -1.61. The number of aromatic nitrogens is 1. The first-order valence-electron chi connectivity index (χ1n) is 11.4. The highest BCUT2D eigenvalue weighted by molar-refractivity contribution is 8.14. The van der Waals surface area contributed by atoms with E-state index in [9.17, 15) is 13.2 Å². The van der Waals surface area contributed by atoms with Gasteiger partial charge in [-0.3, -0.25) is 4.79 Å². The van der Waals surface area contributed by atoms with Crippen molar-refractivity contribution in [3.8, 4) is 0 Å². The number of carbonyl (C=O) groups is 1. The Hall–Kier alpha value is -2.71. The third-order valence-electron chi connectivity index (χ3n) is 5.45. The maximum atomic E-state index is 13.0. The number of benzene rings is 1. The number of rotatable bonds is 8. The number of hydrogen-bond donors (Lipinski definition) is 2. The first-order valence-corrected chi connectivity index (χ1v) is 15.8. The van der Waals surface area contributed by atoms with Crippen LogP contribution in [0.15, 0.2) is 63.1 Å². The van der Waals surface area contributed by atoms with E-state index in [1.807, 2.05) is 41.8 Å². The number of thiophene rings is 1. The lowest BCUT2D eigenvalue weighted by Gasteiger charge is -2.34. The second-order valence-electron chi connectivity index (χ2n) is 8.22. The van der Waals surface area contributed by atoms with E-state index in [1.165, 1.54) is 40.7 Å². The number of ether oxygens (including phenoxy) is 1. The minimum Gasteiger partial charge on any atom is -0.433 e. The van der Waals surface area contributed by atoms with Gasteiger partial charge in [0.2, 0.25) is 10.0 Å². The molecule has 0 atom stereocenters. The van der Waals surface area contributed by atoms with Crippen LogP contribution in [0.25, 0.3) is 5.76 Å². The molecule has 0 aliphatic carbocycles. The summed E-state index contributed by atoms with van der Waals surface area (Å²) >= 11 is 4.09. The Morgan fingerprint density at radius 3 is 2.65 bits per heavy atom. The zero-order valence-corrected chi connectivity index (χ0v) is 23.6. The summed E-state index contributed by atoms with van der Waals surface area (Å²) in [6.07, 6.45) is 2.55. The van der Waals surface area contributed by atoms with Crippen molar-refractivity contribution in [3.63, 3.8) is 0 Å². The predicted molar refractivity (Wildman–Crippen MR) is 153 cm³/mol. The molecule has 1 aromatic carbocycles. The molecule has 0 saturated carbocycles. The Morgan fingerprint density at radius 2 is 1.97 bits per heavy atom. The fraction of sp³-hybridized carbons (Fsp3) is 0.292. The number of anilines is 2. The van der Waals surface area contributed by atoms with E-state index >= 15 is 0 Å². The van der Waals surface area contributed by atoms with Crippen LogP contribution in [-0.4, -0.2) is 57.0 Å². The third-order valence-corrected chi connectivity index (χ3v) is 9.00. The molecule has 196 valence electrons. The minimum absolute atomic E-state index is 0.0815. The molecule has 3 heterocycles. The molecule has 4 rings (SSSR count). The fourth-order valence-electron chi connectivity index (χ4n) is 3.77. The van der Waals surface area contributed by atoms with Crippen molar-refractivity contribution in [1.82, 2.24) is 9.71 Å². The Balaban J connectivity index is 1.37. The Labute approximate surface area is 228 Å². The van der Waals surface area contributed by atoms with Crippen LogP contribution in [0.2, 0.25) is 0 Å². The Morgan fingerprint density at radius 1 is 1.22 bits per heavy atom. The molecule has 0 spiro atoms. The van der Waals surface area contributed by atoms with E-state index < -0.39 is 10.0 Å². The maximum Gasteiger partial charge on any atom is 0.275 e. The molecule has 1 aliphatic rings. The van der Waals surface area contributed by atoms with Gasteiger partial charge in [0.15, 0.2) is 4.34 Å². The summed E-state index contributed by atoms with van der Waals surface area (Å²) in [5.41, 5.74) is 1.86. The molecule has 0 unspecified atom stereocenters. The van der Waals surface area contributed by atoms with Crippen LogP contribution < -0.4 is 14.9 Å². The molecule has 3 aromatic rings. The first kappa shape index (κ1) is 27.3. The number of hydrogen-bond acceptors (Lipinski definition) is 10. The number of sulfonamides is 1. The zero-order chi connectivity index (χ0) is 26.4. The average Bonchev–Trinajstić information content (AvgIpc) is 3.56. The van der Waals surface area contributed by atoms with E-state index in [2.05, 4.69) is 31.5 Å². The number of thioether (sulfide) groups is 1. The number of aliphatic imine (C=N–C) groups is 1. The molecule has 2 N–H and O–H groups in total. The number of para-hydroxylation sites is 2. The number of carbonyl (C=O) groups excluding carboxylic acids is 1. The second-order valence-corrected chi connectivity index (χ2v) is 13.0. The fourth-order valence-corrected chi connectivity index (χ4v) is 6.85. The summed E-state index contributed by atoms with van der Waals surface area (Å²) in [4.78, 5) is 24.7. The maximum absolute atomic E-state index is 13.0. The summed E-state index contributed by atoms with van der Waals surface area (Å²) in [6.45, 7) is 5.30. The third kappa shape index (κ3) is 7.65. The molecule has 9 nitrogen and oxygen atoms in total. The van der Waals surface area contributed by atoms with Crippen molar-refractivity contribution in [1.29, 1.82) is 0 Å². The average molecular weight is 578 g/mol. The summed E-state index contributed by atoms with van der Waals surface area (Å²) in [5, 5.41) is 7.01. The lowest BCUT2D eigenvalue weighted by molar-refractivity contribution is 0.102. The second kappa shape index (κ2) is 12.2. The standard InChI is InChI=1S/C24H27N5O4S4/c1-16(21-9-6-14-34-21)33-23(25-2)36-24-27-19(15-35-24)22(30)26-18-7-4-5-8-20(18)29-12-10-17(11-13-29)28-37(3,31)32/h4-9,14-15,17,28H,1,10-13H2,2-3H3,(H,26,30)/b25-23+. The quantitative estimate of drug-likeness (QED) is 0.172. The van der Waals surface area contributed by atoms with Crippen molar-refractivity contribution < 1.29 is 17.9 Å². The van der Waals surface area contributed by atoms with Gasteiger partial charge in [0.25, 0.3) is 11.1 Å². The van der Waals surface area contributed by atoms with E-state index in [0.717, 1.165) is 10.6 Å². The van der Waals surface area contributed by atoms with Crippen LogP contribution in [0.1, 0.15) is 28.2 Å². The molecule has 2 aromatic heterocycles. The Bertz CT molecular complexity index is 1380. The molecule has 0 bridgehead atoms. The van der Waals surface area contributed by atoms with Crippen molar-refractivity contribution in [2.75, 3.05) is 36.6 Å². The molecular formula is C24H27N5O4S4. The van der Waals surface area contributed by atoms with Gasteiger partial charge >= 0.3 is 0 Å². The highest BCUT2D eigenvalue weighted by atomic mass is 32.2. The van der Waals surface area contributed by atoms with Gasteiger partial charge in [-0.1, -0.05) is 24.8 Å². The number of piperidine rings is 1. The Kier molecular flexibility index (Phi) is 9.03. The van der Waals surface area contributed by atoms with Gasteiger partial charge in [0.05, 0.1) is 22.5 Å². The van der Waals surface area contributed by atoms with Gasteiger partial charge in [-0.05, 0) is 36.4 Å². The van der Waals surface area contributed by atoms with Crippen LogP contribution in [0.3, 0.4) is 0 Å². The van der Waals surface area contributed by atoms with Crippen LogP contribution >= 0.6 is 34.4 Å². The first-order chi connectivity index (χ1) is 17.7. The van der Waals surface area contributed by atoms with Gasteiger partial charge in [0.1, 0.15) is 11.5 Å². The van der Waals surface area contributed by atoms with Crippen LogP contribution in [0.4, 0.5) is 11.4 Å². The highest BCUT2D eigenvalue weighted by Crippen LogP contribution is 2.31. The van der Waals surface area contributed by atoms with Crippen molar-refractivity contribution in [2.24, 2.45) is 4.99 Å². The van der Waals surface area contributed by atoms with Gasteiger partial charge in [-0.25, -0.2) is 23.1 Å². The minimum atomic E-state index is -3.24. The van der Waals surface area contributed by atoms with E-state index in [-0.39, 0.29) is 11.9 Å². The van der Waals surface area contributed by atoms with Gasteiger partial charge in [-0.15, -0.1) is 22.7 Å². The number of amides is 1. The van der Waals surface area contributed by atoms with Gasteiger partial charge in [0, 0.05) is 43.3 Å². The number of nitrogens with zero attached hydrogens (tertiary/aromatic N) is 3. The monoisotopic (exact) mass is 577 g/mol. The van der Waals surface area contributed by atoms with Crippen LogP contribution in [0.5, 0.6) is 0 Å². The van der Waals surface area contributed by atoms with E-state index in [0.29, 0.717) is 52.6 Å². The molecular weight excluding hydrogens is 551 g/mol. The van der Waals surface area contributed by atoms with Gasteiger partial charge < -0.3 is 15.0 Å². The van der Waals surface area contributed by atoms with Gasteiger partial charge in [-0.2, -0.15) is 0 Å². The normalized spacial score (nSPS) is 15.0. The van der Waals surface area contributed by atoms with Crippen molar-refractivity contribution >= 4 is 72.7 Å². The molecule has 1 aliphatic heterocycles. The van der Waals surface area contributed by atoms with Crippen molar-refractivity contribution in [2.45, 2.75) is 23.2 Å². The lowest BCUT2D eigenvalue weighted by atomic mass is 10.0. The zero-order valence-electron chi connectivity index (χ0n) is 20.3. The smallest absolute Gasteiger partial charge is 0.275 e. The molecule has 37 heavy (non-hydrogen) atoms. The molecule has 1 saturated heterocycles. The number of nitrogens with one attached hydrogen (secondary N) is 2. The summed E-state index contributed by atoms with van der Waals surface area (Å²) in [6, 6.07) is 11.3. The molecule has 1 fully saturated rings. The molecule has 1 amide bonds. The van der Waals surface area contributed by atoms with Crippen LogP contribution in [0, 0.1) is 0 Å². The largest absolute Gasteiger partial charge is 0.433 e. The highest BCUT2D eigenvalue weighted by Gasteiger charge is 2.24. The van der Waals surface area contributed by atoms with E-state index in [1.54, 1.807) is 12.4 Å². The molecule has 13 heteroatoms. The number of thiazole rings is 1. The van der Waals surface area contributed by atoms with Crippen LogP contribution in [-0.2, 0) is 14.8 Å². The lowest BCUT2D eigenvalue weighted by Crippen LogP contribution is -2.44. The molecule has 0 radical (unpaired) electrons. The summed E-state index contributed by atoms with van der Waals surface area (Å²) < 4.78 is 32.2. The van der Waals surface area contributed by atoms with E-state index in [4.69, 9.17) is 4.74 Å².